The number of thioether (sulfide) groups is 1. The number of thiophene rings is 1. The van der Waals surface area contributed by atoms with Crippen LogP contribution in [-0.4, -0.2) is 18.9 Å². The van der Waals surface area contributed by atoms with E-state index in [1.165, 1.54) is 9.77 Å². The van der Waals surface area contributed by atoms with Crippen molar-refractivity contribution in [2.75, 3.05) is 13.7 Å². The highest BCUT2D eigenvalue weighted by molar-refractivity contribution is 8.01. The van der Waals surface area contributed by atoms with E-state index in [0.717, 1.165) is 12.3 Å². The fourth-order valence-corrected chi connectivity index (χ4v) is 4.37. The second-order valence-corrected chi connectivity index (χ2v) is 7.19. The number of nitrogens with one attached hydrogen (secondary N) is 1. The second-order valence-electron chi connectivity index (χ2n) is 4.56. The average Bonchev–Trinajstić information content (AvgIpc) is 2.97. The molecule has 20 heavy (non-hydrogen) atoms. The highest BCUT2D eigenvalue weighted by Crippen LogP contribution is 2.34. The molecule has 2 aromatic rings. The molecule has 1 N–H and O–H groups in total. The van der Waals surface area contributed by atoms with Crippen LogP contribution in [0, 0.1) is 0 Å². The second kappa shape index (κ2) is 7.72. The summed E-state index contributed by atoms with van der Waals surface area (Å²) < 4.78 is 6.60. The minimum Gasteiger partial charge on any atom is -0.497 e. The van der Waals surface area contributed by atoms with E-state index >= 15 is 0 Å². The Morgan fingerprint density at radius 3 is 2.55 bits per heavy atom. The molecule has 0 aliphatic heterocycles. The molecule has 1 heterocycles. The van der Waals surface area contributed by atoms with E-state index in [-0.39, 0.29) is 0 Å². The van der Waals surface area contributed by atoms with E-state index in [4.69, 9.17) is 4.74 Å². The summed E-state index contributed by atoms with van der Waals surface area (Å²) in [6, 6.07) is 13.0. The van der Waals surface area contributed by atoms with E-state index in [1.807, 2.05) is 23.9 Å². The standard InChI is InChI=1S/C16H21NOS2/c1-4-17-16(12(2)20-15-6-5-11-19-15)13-7-9-14(18-3)10-8-13/h5-12,16-17H,4H2,1-3H3. The number of benzene rings is 1. The van der Waals surface area contributed by atoms with Crippen molar-refractivity contribution in [1.29, 1.82) is 0 Å². The molecule has 2 nitrogen and oxygen atoms in total. The van der Waals surface area contributed by atoms with Crippen LogP contribution in [0.2, 0.25) is 0 Å². The van der Waals surface area contributed by atoms with Gasteiger partial charge in [-0.05, 0) is 35.7 Å². The molecule has 2 atom stereocenters. The molecular formula is C16H21NOS2. The third-order valence-corrected chi connectivity index (χ3v) is 5.42. The first-order chi connectivity index (χ1) is 9.74. The summed E-state index contributed by atoms with van der Waals surface area (Å²) in [5.41, 5.74) is 1.31. The highest BCUT2D eigenvalue weighted by Gasteiger charge is 2.19. The molecule has 0 amide bonds. The summed E-state index contributed by atoms with van der Waals surface area (Å²) in [6.45, 7) is 5.40. The van der Waals surface area contributed by atoms with Crippen LogP contribution < -0.4 is 10.1 Å². The zero-order chi connectivity index (χ0) is 14.4. The molecule has 2 unspecified atom stereocenters. The van der Waals surface area contributed by atoms with Gasteiger partial charge in [-0.25, -0.2) is 0 Å². The Balaban J connectivity index is 2.11. The first-order valence-corrected chi connectivity index (χ1v) is 8.58. The topological polar surface area (TPSA) is 21.3 Å². The van der Waals surface area contributed by atoms with Crippen molar-refractivity contribution in [3.63, 3.8) is 0 Å². The lowest BCUT2D eigenvalue weighted by Gasteiger charge is -2.24. The van der Waals surface area contributed by atoms with Crippen molar-refractivity contribution >= 4 is 23.1 Å². The van der Waals surface area contributed by atoms with Gasteiger partial charge in [0.2, 0.25) is 0 Å². The van der Waals surface area contributed by atoms with Crippen LogP contribution in [0.5, 0.6) is 5.75 Å². The van der Waals surface area contributed by atoms with Crippen LogP contribution in [0.4, 0.5) is 0 Å². The lowest BCUT2D eigenvalue weighted by Crippen LogP contribution is -2.28. The Labute approximate surface area is 129 Å². The van der Waals surface area contributed by atoms with E-state index in [9.17, 15) is 0 Å². The monoisotopic (exact) mass is 307 g/mol. The molecule has 0 saturated heterocycles. The Morgan fingerprint density at radius 1 is 1.25 bits per heavy atom. The van der Waals surface area contributed by atoms with Crippen LogP contribution in [0.1, 0.15) is 25.5 Å². The Hall–Kier alpha value is -0.970. The van der Waals surface area contributed by atoms with Gasteiger partial charge in [-0.2, -0.15) is 0 Å². The zero-order valence-electron chi connectivity index (χ0n) is 12.1. The molecule has 0 spiro atoms. The lowest BCUT2D eigenvalue weighted by atomic mass is 10.0. The molecule has 1 aromatic carbocycles. The first-order valence-electron chi connectivity index (χ1n) is 6.82. The normalized spacial score (nSPS) is 13.9. The number of hydrogen-bond donors (Lipinski definition) is 1. The molecular weight excluding hydrogens is 286 g/mol. The third kappa shape index (κ3) is 4.01. The predicted molar refractivity (Wildman–Crippen MR) is 89.0 cm³/mol. The molecule has 0 aliphatic rings. The summed E-state index contributed by atoms with van der Waals surface area (Å²) in [5.74, 6) is 0.905. The Morgan fingerprint density at radius 2 is 2.00 bits per heavy atom. The van der Waals surface area contributed by atoms with Crippen LogP contribution in [0.15, 0.2) is 46.0 Å². The van der Waals surface area contributed by atoms with Gasteiger partial charge < -0.3 is 10.1 Å². The van der Waals surface area contributed by atoms with E-state index < -0.39 is 0 Å². The Bertz CT molecular complexity index is 496. The summed E-state index contributed by atoms with van der Waals surface area (Å²) in [7, 11) is 1.70. The largest absolute Gasteiger partial charge is 0.497 e. The van der Waals surface area contributed by atoms with Gasteiger partial charge in [0, 0.05) is 11.3 Å². The molecule has 2 rings (SSSR count). The van der Waals surface area contributed by atoms with Crippen LogP contribution >= 0.6 is 23.1 Å². The molecule has 0 radical (unpaired) electrons. The molecule has 0 fully saturated rings. The number of methoxy groups -OCH3 is 1. The van der Waals surface area contributed by atoms with Gasteiger partial charge in [0.1, 0.15) is 5.75 Å². The third-order valence-electron chi connectivity index (χ3n) is 3.17. The summed E-state index contributed by atoms with van der Waals surface area (Å²) in [6.07, 6.45) is 0. The fourth-order valence-electron chi connectivity index (χ4n) is 2.17. The molecule has 0 aliphatic carbocycles. The summed E-state index contributed by atoms with van der Waals surface area (Å²) in [5, 5.41) is 6.20. The maximum Gasteiger partial charge on any atom is 0.118 e. The Kier molecular flexibility index (Phi) is 5.95. The van der Waals surface area contributed by atoms with Crippen molar-refractivity contribution in [1.82, 2.24) is 5.32 Å². The van der Waals surface area contributed by atoms with Gasteiger partial charge in [-0.3, -0.25) is 0 Å². The van der Waals surface area contributed by atoms with Gasteiger partial charge in [-0.15, -0.1) is 23.1 Å². The smallest absolute Gasteiger partial charge is 0.118 e. The van der Waals surface area contributed by atoms with Crippen LogP contribution in [0.25, 0.3) is 0 Å². The maximum absolute atomic E-state index is 5.23. The number of rotatable bonds is 7. The van der Waals surface area contributed by atoms with Gasteiger partial charge in [0.25, 0.3) is 0 Å². The van der Waals surface area contributed by atoms with Crippen molar-refractivity contribution in [2.24, 2.45) is 0 Å². The molecule has 0 saturated carbocycles. The average molecular weight is 307 g/mol. The SMILES string of the molecule is CCNC(c1ccc(OC)cc1)C(C)Sc1cccs1. The van der Waals surface area contributed by atoms with E-state index in [0.29, 0.717) is 11.3 Å². The quantitative estimate of drug-likeness (QED) is 0.756. The molecule has 1 aromatic heterocycles. The van der Waals surface area contributed by atoms with Crippen molar-refractivity contribution in [3.8, 4) is 5.75 Å². The molecule has 108 valence electrons. The van der Waals surface area contributed by atoms with Crippen LogP contribution in [-0.2, 0) is 0 Å². The van der Waals surface area contributed by atoms with E-state index in [1.54, 1.807) is 18.4 Å². The molecule has 4 heteroatoms. The maximum atomic E-state index is 5.23. The molecule has 0 bridgehead atoms. The summed E-state index contributed by atoms with van der Waals surface area (Å²) in [4.78, 5) is 0. The minimum absolute atomic E-state index is 0.345. The van der Waals surface area contributed by atoms with Gasteiger partial charge >= 0.3 is 0 Å². The van der Waals surface area contributed by atoms with Gasteiger partial charge in [0.05, 0.1) is 11.3 Å². The van der Waals surface area contributed by atoms with Gasteiger partial charge in [0.15, 0.2) is 0 Å². The van der Waals surface area contributed by atoms with Crippen LogP contribution in [0.3, 0.4) is 0 Å². The van der Waals surface area contributed by atoms with E-state index in [2.05, 4.69) is 48.8 Å². The zero-order valence-corrected chi connectivity index (χ0v) is 13.8. The van der Waals surface area contributed by atoms with Gasteiger partial charge in [-0.1, -0.05) is 32.0 Å². The summed E-state index contributed by atoms with van der Waals surface area (Å²) >= 11 is 3.73. The number of ether oxygens (including phenoxy) is 1. The lowest BCUT2D eigenvalue weighted by molar-refractivity contribution is 0.414. The fraction of sp³-hybridized carbons (Fsp3) is 0.375. The first kappa shape index (κ1) is 15.4. The van der Waals surface area contributed by atoms with Crippen molar-refractivity contribution in [3.05, 3.63) is 47.3 Å². The predicted octanol–water partition coefficient (Wildman–Crippen LogP) is 4.59. The number of hydrogen-bond acceptors (Lipinski definition) is 4. The minimum atomic E-state index is 0.345. The van der Waals surface area contributed by atoms with Crippen molar-refractivity contribution < 1.29 is 4.74 Å². The van der Waals surface area contributed by atoms with Crippen molar-refractivity contribution in [2.45, 2.75) is 29.3 Å². The highest BCUT2D eigenvalue weighted by atomic mass is 32.2.